The number of nitrogens with zero attached hydrogens (tertiary/aromatic N) is 1. The molecule has 3 aromatic carbocycles. The van der Waals surface area contributed by atoms with Gasteiger partial charge in [0.25, 0.3) is 5.91 Å². The number of carbonyl (C=O) groups excluding carboxylic acids is 3. The van der Waals surface area contributed by atoms with Gasteiger partial charge < -0.3 is 24.3 Å². The molecule has 0 saturated heterocycles. The van der Waals surface area contributed by atoms with Crippen LogP contribution in [0.4, 0.5) is 10.1 Å². The summed E-state index contributed by atoms with van der Waals surface area (Å²) in [6.07, 6.45) is 3.41. The molecule has 270 valence electrons. The van der Waals surface area contributed by atoms with Gasteiger partial charge in [0, 0.05) is 36.2 Å². The lowest BCUT2D eigenvalue weighted by molar-refractivity contribution is -0.148. The van der Waals surface area contributed by atoms with Crippen LogP contribution in [0.2, 0.25) is 0 Å². The van der Waals surface area contributed by atoms with Crippen LogP contribution in [0, 0.1) is 5.82 Å². The minimum atomic E-state index is -3.75. The van der Waals surface area contributed by atoms with Gasteiger partial charge in [0.05, 0.1) is 50.3 Å². The molecule has 5 rings (SSSR count). The number of aryl methyl sites for hydroxylation is 1. The third-order valence-corrected chi connectivity index (χ3v) is 9.64. The average Bonchev–Trinajstić information content (AvgIpc) is 3.88. The molecule has 0 radical (unpaired) electrons. The highest BCUT2D eigenvalue weighted by Crippen LogP contribution is 2.48. The van der Waals surface area contributed by atoms with Crippen LogP contribution >= 0.6 is 0 Å². The zero-order chi connectivity index (χ0) is 36.7. The Balaban J connectivity index is 1.18. The number of ketones is 2. The van der Waals surface area contributed by atoms with E-state index in [1.54, 1.807) is 18.2 Å². The van der Waals surface area contributed by atoms with Crippen LogP contribution in [0.5, 0.6) is 0 Å². The second-order valence-electron chi connectivity index (χ2n) is 12.3. The van der Waals surface area contributed by atoms with Gasteiger partial charge in [-0.05, 0) is 79.1 Å². The van der Waals surface area contributed by atoms with E-state index in [4.69, 9.17) is 19.0 Å². The van der Waals surface area contributed by atoms with E-state index in [0.29, 0.717) is 41.7 Å². The van der Waals surface area contributed by atoms with Crippen molar-refractivity contribution in [1.29, 1.82) is 0 Å². The predicted molar refractivity (Wildman–Crippen MR) is 187 cm³/mol. The Hall–Kier alpha value is -4.92. The number of hydrogen-bond donors (Lipinski definition) is 2. The fourth-order valence-electron chi connectivity index (χ4n) is 5.78. The van der Waals surface area contributed by atoms with Gasteiger partial charge >= 0.3 is 5.97 Å². The minimum absolute atomic E-state index is 0.0328. The summed E-state index contributed by atoms with van der Waals surface area (Å²) < 4.78 is 58.7. The van der Waals surface area contributed by atoms with E-state index in [-0.39, 0.29) is 55.1 Å². The molecule has 1 saturated carbocycles. The molecule has 0 aliphatic heterocycles. The van der Waals surface area contributed by atoms with Gasteiger partial charge in [0.15, 0.2) is 5.78 Å². The monoisotopic (exact) mass is 722 g/mol. The lowest BCUT2D eigenvalue weighted by Crippen LogP contribution is -2.34. The van der Waals surface area contributed by atoms with E-state index < -0.39 is 39.8 Å². The van der Waals surface area contributed by atoms with E-state index in [9.17, 15) is 32.0 Å². The summed E-state index contributed by atoms with van der Waals surface area (Å²) in [5, 5.41) is 11.9. The number of amides is 1. The van der Waals surface area contributed by atoms with Crippen molar-refractivity contribution in [3.8, 4) is 11.3 Å². The highest BCUT2D eigenvalue weighted by molar-refractivity contribution is 7.92. The number of carboxylic acid groups (broad SMARTS) is 1. The Kier molecular flexibility index (Phi) is 12.0. The van der Waals surface area contributed by atoms with Crippen molar-refractivity contribution in [2.75, 3.05) is 50.6 Å². The van der Waals surface area contributed by atoms with Crippen LogP contribution in [0.15, 0.2) is 65.1 Å². The molecule has 51 heavy (non-hydrogen) atoms. The van der Waals surface area contributed by atoms with Crippen LogP contribution in [-0.4, -0.2) is 83.2 Å². The summed E-state index contributed by atoms with van der Waals surface area (Å²) in [6.45, 7) is 1.02. The van der Waals surface area contributed by atoms with Gasteiger partial charge in [0.2, 0.25) is 15.8 Å². The Morgan fingerprint density at radius 2 is 1.69 bits per heavy atom. The largest absolute Gasteiger partial charge is 0.475 e. The number of aliphatic carboxylic acids is 1. The van der Waals surface area contributed by atoms with Crippen LogP contribution in [0.25, 0.3) is 22.3 Å². The predicted octanol–water partition coefficient (Wildman–Crippen LogP) is 5.13. The van der Waals surface area contributed by atoms with Crippen LogP contribution < -0.4 is 9.62 Å². The number of ether oxygens (including phenoxy) is 2. The summed E-state index contributed by atoms with van der Waals surface area (Å²) in [6, 6.07) is 15.7. The first-order chi connectivity index (χ1) is 24.4. The van der Waals surface area contributed by atoms with Gasteiger partial charge in [-0.1, -0.05) is 18.2 Å². The topological polar surface area (TPSA) is 170 Å². The summed E-state index contributed by atoms with van der Waals surface area (Å²) in [4.78, 5) is 47.3. The molecule has 1 amide bonds. The van der Waals surface area contributed by atoms with Crippen LogP contribution in [0.3, 0.4) is 0 Å². The summed E-state index contributed by atoms with van der Waals surface area (Å²) in [5.74, 6) is -3.78. The van der Waals surface area contributed by atoms with E-state index >= 15 is 0 Å². The van der Waals surface area contributed by atoms with Gasteiger partial charge in [-0.2, -0.15) is 0 Å². The Labute approximate surface area is 294 Å². The average molecular weight is 723 g/mol. The number of furan rings is 1. The number of anilines is 1. The second kappa shape index (κ2) is 16.4. The van der Waals surface area contributed by atoms with E-state index in [1.807, 2.05) is 12.1 Å². The van der Waals surface area contributed by atoms with Gasteiger partial charge in [-0.15, -0.1) is 0 Å². The third kappa shape index (κ3) is 9.45. The van der Waals surface area contributed by atoms with Gasteiger partial charge in [-0.3, -0.25) is 18.7 Å². The quantitative estimate of drug-likeness (QED) is 0.0573. The first kappa shape index (κ1) is 37.3. The Morgan fingerprint density at radius 1 is 0.980 bits per heavy atom. The van der Waals surface area contributed by atoms with Crippen molar-refractivity contribution in [3.63, 3.8) is 0 Å². The first-order valence-electron chi connectivity index (χ1n) is 16.5. The highest BCUT2D eigenvalue weighted by atomic mass is 32.2. The Bertz CT molecular complexity index is 2040. The van der Waals surface area contributed by atoms with Crippen molar-refractivity contribution in [2.45, 2.75) is 38.0 Å². The number of carboxylic acids is 1. The fourth-order valence-corrected chi connectivity index (χ4v) is 6.70. The number of halogens is 1. The maximum atomic E-state index is 13.7. The third-order valence-electron chi connectivity index (χ3n) is 8.46. The Morgan fingerprint density at radius 3 is 2.33 bits per heavy atom. The van der Waals surface area contributed by atoms with Crippen LogP contribution in [-0.2, 0) is 35.5 Å². The molecule has 1 aliphatic carbocycles. The molecule has 4 aromatic rings. The molecule has 12 nitrogen and oxygen atoms in total. The van der Waals surface area contributed by atoms with E-state index in [0.717, 1.165) is 30.2 Å². The molecule has 0 unspecified atom stereocenters. The number of rotatable bonds is 19. The van der Waals surface area contributed by atoms with Crippen molar-refractivity contribution >= 4 is 50.1 Å². The molecule has 0 spiro atoms. The van der Waals surface area contributed by atoms with Crippen molar-refractivity contribution in [1.82, 2.24) is 5.32 Å². The standard InChI is InChI=1S/C37H39FN2O10S/c1-39-36(43)34-29-20-28(24-8-9-24)30(21-33(29)50-35(34)25-10-12-27(38)13-11-25)40(51(2,46)47)14-16-49-18-17-48-15-4-6-23-5-3-7-26(19-23)31(41)22-32(42)37(44)45/h3,5,7,10-13,19-21,24H,4,6,8-9,14-18,22H2,1-2H3,(H,39,43)(H,44,45). The van der Waals surface area contributed by atoms with Gasteiger partial charge in [-0.25, -0.2) is 17.6 Å². The number of nitrogens with one attached hydrogen (secondary N) is 1. The summed E-state index contributed by atoms with van der Waals surface area (Å²) >= 11 is 0. The number of sulfonamides is 1. The molecule has 0 bridgehead atoms. The van der Waals surface area contributed by atoms with E-state index in [1.165, 1.54) is 41.7 Å². The SMILES string of the molecule is CNC(=O)c1c(-c2ccc(F)cc2)oc2cc(N(CCOCCOCCCc3cccc(C(=O)CC(=O)C(=O)O)c3)S(C)(=O)=O)c(C3CC3)cc12. The maximum Gasteiger partial charge on any atom is 0.372 e. The molecule has 1 heterocycles. The highest BCUT2D eigenvalue weighted by Gasteiger charge is 2.33. The molecular formula is C37H39FN2O10S. The lowest BCUT2D eigenvalue weighted by Gasteiger charge is -2.25. The summed E-state index contributed by atoms with van der Waals surface area (Å²) in [7, 11) is -2.24. The number of carbonyl (C=O) groups is 4. The smallest absolute Gasteiger partial charge is 0.372 e. The molecule has 14 heteroatoms. The maximum absolute atomic E-state index is 13.7. The van der Waals surface area contributed by atoms with Crippen molar-refractivity contribution in [2.24, 2.45) is 0 Å². The van der Waals surface area contributed by atoms with Crippen LogP contribution in [0.1, 0.15) is 63.4 Å². The molecule has 0 atom stereocenters. The minimum Gasteiger partial charge on any atom is -0.475 e. The van der Waals surface area contributed by atoms with Gasteiger partial charge in [0.1, 0.15) is 17.2 Å². The molecule has 2 N–H and O–H groups in total. The first-order valence-corrected chi connectivity index (χ1v) is 18.3. The number of Topliss-reactive ketones (excluding diaryl/α,β-unsaturated/α-hetero) is 2. The van der Waals surface area contributed by atoms with Crippen molar-refractivity contribution in [3.05, 3.63) is 88.7 Å². The van der Waals surface area contributed by atoms with Crippen molar-refractivity contribution < 1.29 is 51.0 Å². The number of fused-ring (bicyclic) bond motifs is 1. The lowest BCUT2D eigenvalue weighted by atomic mass is 10.0. The number of hydrogen-bond acceptors (Lipinski definition) is 9. The molecular weight excluding hydrogens is 683 g/mol. The molecule has 1 aromatic heterocycles. The zero-order valence-electron chi connectivity index (χ0n) is 28.3. The molecule has 1 aliphatic rings. The zero-order valence-corrected chi connectivity index (χ0v) is 29.1. The second-order valence-corrected chi connectivity index (χ2v) is 14.2. The van der Waals surface area contributed by atoms with E-state index in [2.05, 4.69) is 5.32 Å². The molecule has 1 fully saturated rings. The normalized spacial score (nSPS) is 12.9. The number of benzene rings is 3. The summed E-state index contributed by atoms with van der Waals surface area (Å²) in [5.41, 5.74) is 3.48. The fraction of sp³-hybridized carbons (Fsp3) is 0.351.